The van der Waals surface area contributed by atoms with Crippen molar-refractivity contribution in [3.63, 3.8) is 0 Å². The lowest BCUT2D eigenvalue weighted by Gasteiger charge is -2.28. The molecule has 0 aliphatic heterocycles. The maximum Gasteiger partial charge on any atom is 0.326 e. The molecular formula is C37H57N7O13S. The first-order valence-electron chi connectivity index (χ1n) is 18.5. The number of carboxylic acids is 3. The first-order valence-corrected chi connectivity index (χ1v) is 19.9. The maximum atomic E-state index is 13.9. The fourth-order valence-electron chi connectivity index (χ4n) is 5.29. The summed E-state index contributed by atoms with van der Waals surface area (Å²) in [5.74, 6) is -10.7. The summed E-state index contributed by atoms with van der Waals surface area (Å²) in [6, 6.07) is -1.90. The molecule has 0 saturated carbocycles. The van der Waals surface area contributed by atoms with E-state index in [-0.39, 0.29) is 30.9 Å². The summed E-state index contributed by atoms with van der Waals surface area (Å²) in [6.45, 7) is 7.51. The minimum Gasteiger partial charge on any atom is -0.481 e. The van der Waals surface area contributed by atoms with E-state index >= 15 is 0 Å². The molecule has 324 valence electrons. The van der Waals surface area contributed by atoms with Crippen molar-refractivity contribution in [3.8, 4) is 0 Å². The summed E-state index contributed by atoms with van der Waals surface area (Å²) in [4.78, 5) is 115. The molecule has 20 nitrogen and oxygen atoms in total. The number of hydrogen-bond acceptors (Lipinski definition) is 12. The average molecular weight is 840 g/mol. The highest BCUT2D eigenvalue weighted by Crippen LogP contribution is 2.10. The molecule has 1 aromatic rings. The van der Waals surface area contributed by atoms with Crippen molar-refractivity contribution >= 4 is 65.1 Å². The van der Waals surface area contributed by atoms with E-state index in [0.717, 1.165) is 6.92 Å². The standard InChI is InChI=1S/C37H57N7O13S/c1-18(2)28(38)35(54)40-22(12-13-26(46)47)31(50)41-24(16-21-10-8-7-9-11-21)33(52)39-23(14-15-58-6)32(51)42-25(17-27(48)49)34(53)44-30(20(5)45)36(55)43-29(19(3)4)37(56)57/h7-11,18-20,22-25,28-30,45H,12-17,38H2,1-6H3,(H,39,52)(H,40,54)(H,41,50)(H,42,51)(H,43,55)(H,44,53)(H,46,47)(H,48,49)(H,56,57). The van der Waals surface area contributed by atoms with Crippen molar-refractivity contribution in [1.82, 2.24) is 31.9 Å². The van der Waals surface area contributed by atoms with E-state index in [1.807, 2.05) is 0 Å². The van der Waals surface area contributed by atoms with Gasteiger partial charge in [0.15, 0.2) is 0 Å². The molecule has 1 rings (SSSR count). The highest BCUT2D eigenvalue weighted by molar-refractivity contribution is 7.98. The number of aliphatic hydroxyl groups excluding tert-OH is 1. The zero-order chi connectivity index (χ0) is 44.3. The Hall–Kier alpha value is -5.28. The summed E-state index contributed by atoms with van der Waals surface area (Å²) in [5.41, 5.74) is 6.50. The fourth-order valence-corrected chi connectivity index (χ4v) is 5.76. The topological polar surface area (TPSA) is 333 Å². The predicted molar refractivity (Wildman–Crippen MR) is 211 cm³/mol. The highest BCUT2D eigenvalue weighted by atomic mass is 32.2. The van der Waals surface area contributed by atoms with Gasteiger partial charge in [-0.3, -0.25) is 38.4 Å². The van der Waals surface area contributed by atoms with Gasteiger partial charge in [0, 0.05) is 12.8 Å². The van der Waals surface area contributed by atoms with Crippen LogP contribution in [0.3, 0.4) is 0 Å². The molecule has 1 aromatic carbocycles. The van der Waals surface area contributed by atoms with Gasteiger partial charge in [-0.1, -0.05) is 58.0 Å². The second-order valence-corrected chi connectivity index (χ2v) is 15.3. The van der Waals surface area contributed by atoms with Crippen LogP contribution in [0.5, 0.6) is 0 Å². The molecule has 0 bridgehead atoms. The monoisotopic (exact) mass is 839 g/mol. The highest BCUT2D eigenvalue weighted by Gasteiger charge is 2.36. The summed E-state index contributed by atoms with van der Waals surface area (Å²) >= 11 is 1.29. The lowest BCUT2D eigenvalue weighted by Crippen LogP contribution is -2.61. The maximum absolute atomic E-state index is 13.9. The average Bonchev–Trinajstić information content (AvgIpc) is 3.14. The van der Waals surface area contributed by atoms with Gasteiger partial charge in [0.1, 0.15) is 36.3 Å². The number of amides is 6. The van der Waals surface area contributed by atoms with E-state index in [9.17, 15) is 63.6 Å². The number of aliphatic carboxylic acids is 3. The third-order valence-electron chi connectivity index (χ3n) is 8.76. The molecule has 21 heteroatoms. The van der Waals surface area contributed by atoms with Gasteiger partial charge < -0.3 is 58.1 Å². The van der Waals surface area contributed by atoms with Crippen LogP contribution in [-0.4, -0.2) is 134 Å². The third kappa shape index (κ3) is 17.9. The van der Waals surface area contributed by atoms with E-state index in [1.165, 1.54) is 25.6 Å². The number of carbonyl (C=O) groups excluding carboxylic acids is 6. The Morgan fingerprint density at radius 2 is 1.09 bits per heavy atom. The molecule has 0 spiro atoms. The Balaban J connectivity index is 3.43. The third-order valence-corrected chi connectivity index (χ3v) is 9.41. The molecule has 6 amide bonds. The molecule has 0 saturated heterocycles. The first-order chi connectivity index (χ1) is 27.1. The minimum atomic E-state index is -1.86. The second kappa shape index (κ2) is 25.2. The lowest BCUT2D eigenvalue weighted by atomic mass is 10.0. The van der Waals surface area contributed by atoms with E-state index in [2.05, 4.69) is 31.9 Å². The van der Waals surface area contributed by atoms with Crippen molar-refractivity contribution in [1.29, 1.82) is 0 Å². The van der Waals surface area contributed by atoms with Crippen molar-refractivity contribution in [2.24, 2.45) is 17.6 Å². The molecule has 0 fully saturated rings. The van der Waals surface area contributed by atoms with Crippen LogP contribution >= 0.6 is 11.8 Å². The van der Waals surface area contributed by atoms with Crippen molar-refractivity contribution in [2.75, 3.05) is 12.0 Å². The molecule has 58 heavy (non-hydrogen) atoms. The zero-order valence-corrected chi connectivity index (χ0v) is 34.2. The molecular weight excluding hydrogens is 783 g/mol. The number of hydrogen-bond donors (Lipinski definition) is 11. The number of aliphatic hydroxyl groups is 1. The van der Waals surface area contributed by atoms with E-state index in [0.29, 0.717) is 5.56 Å². The second-order valence-electron chi connectivity index (χ2n) is 14.3. The van der Waals surface area contributed by atoms with Gasteiger partial charge in [-0.2, -0.15) is 11.8 Å². The number of carboxylic acid groups (broad SMARTS) is 3. The van der Waals surface area contributed by atoms with Crippen LogP contribution in [-0.2, 0) is 49.6 Å². The Kier molecular flexibility index (Phi) is 22.0. The summed E-state index contributed by atoms with van der Waals surface area (Å²) in [5, 5.41) is 52.8. The Morgan fingerprint density at radius 3 is 1.57 bits per heavy atom. The molecule has 8 atom stereocenters. The number of nitrogens with two attached hydrogens (primary N) is 1. The normalized spacial score (nSPS) is 15.3. The van der Waals surface area contributed by atoms with Crippen LogP contribution in [0.2, 0.25) is 0 Å². The van der Waals surface area contributed by atoms with Gasteiger partial charge in [0.2, 0.25) is 35.4 Å². The van der Waals surface area contributed by atoms with Crippen LogP contribution < -0.4 is 37.6 Å². The van der Waals surface area contributed by atoms with Gasteiger partial charge in [-0.05, 0) is 49.2 Å². The summed E-state index contributed by atoms with van der Waals surface area (Å²) < 4.78 is 0. The van der Waals surface area contributed by atoms with Crippen molar-refractivity contribution < 1.29 is 63.6 Å². The van der Waals surface area contributed by atoms with Crippen molar-refractivity contribution in [3.05, 3.63) is 35.9 Å². The number of rotatable bonds is 26. The molecule has 0 aromatic heterocycles. The number of carbonyl (C=O) groups is 9. The molecule has 0 aliphatic rings. The fraction of sp³-hybridized carbons (Fsp3) is 0.595. The van der Waals surface area contributed by atoms with E-state index < -0.39 is 121 Å². The lowest BCUT2D eigenvalue weighted by molar-refractivity contribution is -0.145. The quantitative estimate of drug-likeness (QED) is 0.0497. The molecule has 12 N–H and O–H groups in total. The van der Waals surface area contributed by atoms with Gasteiger partial charge in [-0.25, -0.2) is 4.79 Å². The van der Waals surface area contributed by atoms with E-state index in [1.54, 1.807) is 50.4 Å². The zero-order valence-electron chi connectivity index (χ0n) is 33.4. The molecule has 8 unspecified atom stereocenters. The number of benzene rings is 1. The van der Waals surface area contributed by atoms with E-state index in [4.69, 9.17) is 5.73 Å². The Bertz CT molecular complexity index is 1600. The Labute approximate surface area is 340 Å². The van der Waals surface area contributed by atoms with Crippen molar-refractivity contribution in [2.45, 2.75) is 115 Å². The van der Waals surface area contributed by atoms with Gasteiger partial charge in [0.25, 0.3) is 0 Å². The van der Waals surface area contributed by atoms with Crippen LogP contribution in [0.4, 0.5) is 0 Å². The van der Waals surface area contributed by atoms with Gasteiger partial charge in [-0.15, -0.1) is 0 Å². The smallest absolute Gasteiger partial charge is 0.326 e. The molecule has 0 aliphatic carbocycles. The first kappa shape index (κ1) is 50.7. The molecule has 0 radical (unpaired) electrons. The van der Waals surface area contributed by atoms with Gasteiger partial charge >= 0.3 is 17.9 Å². The summed E-state index contributed by atoms with van der Waals surface area (Å²) in [6.07, 6.45) is -1.94. The van der Waals surface area contributed by atoms with Crippen LogP contribution in [0.15, 0.2) is 30.3 Å². The number of thioether (sulfide) groups is 1. The summed E-state index contributed by atoms with van der Waals surface area (Å²) in [7, 11) is 0. The SMILES string of the molecule is CSCCC(NC(=O)C(Cc1ccccc1)NC(=O)C(CCC(=O)O)NC(=O)C(N)C(C)C)C(=O)NC(CC(=O)O)C(=O)NC(C(=O)NC(C(=O)O)C(C)C)C(C)O. The minimum absolute atomic E-state index is 0.0545. The predicted octanol–water partition coefficient (Wildman–Crippen LogP) is -1.66. The Morgan fingerprint density at radius 1 is 0.603 bits per heavy atom. The number of nitrogens with one attached hydrogen (secondary N) is 6. The largest absolute Gasteiger partial charge is 0.481 e. The van der Waals surface area contributed by atoms with Crippen LogP contribution in [0.25, 0.3) is 0 Å². The van der Waals surface area contributed by atoms with Gasteiger partial charge in [0.05, 0.1) is 18.6 Å². The van der Waals surface area contributed by atoms with Crippen LogP contribution in [0.1, 0.15) is 65.9 Å². The van der Waals surface area contributed by atoms with Crippen LogP contribution in [0, 0.1) is 11.8 Å². The molecule has 0 heterocycles.